The molecule has 12 heteroatoms. The van der Waals surface area contributed by atoms with E-state index in [1.807, 2.05) is 36.4 Å². The van der Waals surface area contributed by atoms with Crippen LogP contribution in [0.3, 0.4) is 0 Å². The number of hydrogen-bond acceptors (Lipinski definition) is 10. The number of aliphatic imine (C=N–C) groups is 2. The molecule has 0 saturated carbocycles. The van der Waals surface area contributed by atoms with Gasteiger partial charge in [0.25, 0.3) is 0 Å². The topological polar surface area (TPSA) is 154 Å². The number of carbonyl (C=O) groups excluding carboxylic acids is 4. The van der Waals surface area contributed by atoms with Crippen LogP contribution in [0.5, 0.6) is 11.5 Å². The maximum atomic E-state index is 12.5. The molecule has 0 radical (unpaired) electrons. The van der Waals surface area contributed by atoms with Gasteiger partial charge in [-0.3, -0.25) is 10.6 Å². The van der Waals surface area contributed by atoms with Gasteiger partial charge in [-0.1, -0.05) is 68.1 Å². The lowest BCUT2D eigenvalue weighted by Gasteiger charge is -2.09. The third kappa shape index (κ3) is 8.96. The zero-order valence-corrected chi connectivity index (χ0v) is 27.0. The van der Waals surface area contributed by atoms with Crippen LogP contribution in [0.15, 0.2) is 155 Å². The van der Waals surface area contributed by atoms with Gasteiger partial charge in [-0.25, -0.2) is 29.2 Å². The Bertz CT molecular complexity index is 2120. The molecule has 53 heavy (non-hydrogen) atoms. The fourth-order valence-electron chi connectivity index (χ4n) is 4.94. The van der Waals surface area contributed by atoms with Crippen molar-refractivity contribution in [2.24, 2.45) is 9.98 Å². The van der Waals surface area contributed by atoms with Gasteiger partial charge in [-0.15, -0.1) is 0 Å². The number of nitrogens with one attached hydrogen (secondary N) is 2. The molecule has 0 aromatic heterocycles. The summed E-state index contributed by atoms with van der Waals surface area (Å²) in [6.45, 7) is 0. The number of carbonyl (C=O) groups is 4. The Hall–Kier alpha value is -7.60. The summed E-state index contributed by atoms with van der Waals surface area (Å²) in [5.74, 6) is -0.0855. The van der Waals surface area contributed by atoms with Crippen molar-refractivity contribution in [1.29, 1.82) is 0 Å². The lowest BCUT2D eigenvalue weighted by molar-refractivity contribution is -0.130. The third-order valence-electron chi connectivity index (χ3n) is 7.45. The second-order valence-corrected chi connectivity index (χ2v) is 11.1. The maximum Gasteiger partial charge on any atom is 0.417 e. The number of anilines is 2. The maximum absolute atomic E-state index is 12.5. The Morgan fingerprint density at radius 2 is 0.868 bits per heavy atom. The molecule has 2 heterocycles. The minimum Gasteiger partial charge on any atom is -0.410 e. The molecule has 5 aromatic rings. The number of nitrogens with zero attached hydrogens (tertiary/aromatic N) is 2. The smallest absolute Gasteiger partial charge is 0.410 e. The van der Waals surface area contributed by atoms with E-state index >= 15 is 0 Å². The van der Waals surface area contributed by atoms with E-state index < -0.39 is 24.1 Å². The van der Waals surface area contributed by atoms with Crippen molar-refractivity contribution in [3.8, 4) is 11.5 Å². The Labute approximate surface area is 303 Å². The highest BCUT2D eigenvalue weighted by molar-refractivity contribution is 6.13. The SMILES string of the molecule is C.O=C(Nc1ccc(NC(=O)Oc2ccc(/C=C3/N=C(c4ccccc4)OC3=O)cc2)cc1)Oc1ccc(/C=C2/N=C(c3ccccc3)OC2=O)cc1. The molecule has 0 spiro atoms. The van der Waals surface area contributed by atoms with Gasteiger partial charge in [0.2, 0.25) is 11.8 Å². The number of cyclic esters (lactones) is 2. The van der Waals surface area contributed by atoms with Crippen LogP contribution < -0.4 is 20.1 Å². The predicted octanol–water partition coefficient (Wildman–Crippen LogP) is 8.23. The zero-order chi connectivity index (χ0) is 35.9. The van der Waals surface area contributed by atoms with Crippen molar-refractivity contribution >= 4 is 59.4 Å². The second kappa shape index (κ2) is 16.0. The Morgan fingerprint density at radius 1 is 0.509 bits per heavy atom. The highest BCUT2D eigenvalue weighted by atomic mass is 16.6. The number of esters is 2. The molecule has 5 aromatic carbocycles. The van der Waals surface area contributed by atoms with Gasteiger partial charge in [0, 0.05) is 22.5 Å². The zero-order valence-electron chi connectivity index (χ0n) is 27.0. The highest BCUT2D eigenvalue weighted by Gasteiger charge is 2.25. The summed E-state index contributed by atoms with van der Waals surface area (Å²) in [5.41, 5.74) is 3.87. The van der Waals surface area contributed by atoms with Crippen LogP contribution in [-0.4, -0.2) is 35.9 Å². The van der Waals surface area contributed by atoms with E-state index in [2.05, 4.69) is 20.6 Å². The van der Waals surface area contributed by atoms with Gasteiger partial charge < -0.3 is 18.9 Å². The van der Waals surface area contributed by atoms with Crippen molar-refractivity contribution in [2.75, 3.05) is 10.6 Å². The third-order valence-corrected chi connectivity index (χ3v) is 7.45. The van der Waals surface area contributed by atoms with Crippen molar-refractivity contribution in [1.82, 2.24) is 0 Å². The van der Waals surface area contributed by atoms with Crippen LogP contribution >= 0.6 is 0 Å². The first kappa shape index (κ1) is 35.2. The second-order valence-electron chi connectivity index (χ2n) is 11.1. The molecule has 2 aliphatic rings. The summed E-state index contributed by atoms with van der Waals surface area (Å²) in [6, 6.07) is 37.6. The first-order chi connectivity index (χ1) is 25.3. The fraction of sp³-hybridized carbons (Fsp3) is 0.0244. The van der Waals surface area contributed by atoms with E-state index in [0.29, 0.717) is 33.6 Å². The molecule has 2 N–H and O–H groups in total. The van der Waals surface area contributed by atoms with Crippen molar-refractivity contribution in [3.63, 3.8) is 0 Å². The minimum atomic E-state index is -0.727. The highest BCUT2D eigenvalue weighted by Crippen LogP contribution is 2.23. The predicted molar refractivity (Wildman–Crippen MR) is 199 cm³/mol. The van der Waals surface area contributed by atoms with Gasteiger partial charge in [-0.2, -0.15) is 0 Å². The average Bonchev–Trinajstić information content (AvgIpc) is 3.72. The molecule has 0 saturated heterocycles. The van der Waals surface area contributed by atoms with E-state index in [4.69, 9.17) is 18.9 Å². The van der Waals surface area contributed by atoms with E-state index in [1.54, 1.807) is 109 Å². The first-order valence-corrected chi connectivity index (χ1v) is 15.8. The Balaban J connectivity index is 0.00000481. The fourth-order valence-corrected chi connectivity index (χ4v) is 4.94. The summed E-state index contributed by atoms with van der Waals surface area (Å²) < 4.78 is 21.3. The average molecular weight is 707 g/mol. The van der Waals surface area contributed by atoms with Gasteiger partial charge in [0.15, 0.2) is 11.4 Å². The molecular formula is C41H30N4O8. The van der Waals surface area contributed by atoms with Crippen LogP contribution in [0.4, 0.5) is 21.0 Å². The summed E-state index contributed by atoms with van der Waals surface area (Å²) in [7, 11) is 0. The van der Waals surface area contributed by atoms with E-state index in [9.17, 15) is 19.2 Å². The molecule has 7 rings (SSSR count). The van der Waals surface area contributed by atoms with Crippen molar-refractivity contribution in [2.45, 2.75) is 7.43 Å². The molecule has 2 aliphatic heterocycles. The van der Waals surface area contributed by atoms with Crippen LogP contribution in [-0.2, 0) is 19.1 Å². The molecular weight excluding hydrogens is 676 g/mol. The lowest BCUT2D eigenvalue weighted by atomic mass is 10.2. The molecule has 0 atom stereocenters. The van der Waals surface area contributed by atoms with Gasteiger partial charge in [0.1, 0.15) is 11.5 Å². The largest absolute Gasteiger partial charge is 0.417 e. The van der Waals surface area contributed by atoms with Crippen molar-refractivity contribution < 1.29 is 38.1 Å². The first-order valence-electron chi connectivity index (χ1n) is 15.8. The molecule has 0 bridgehead atoms. The van der Waals surface area contributed by atoms with E-state index in [-0.39, 0.29) is 42.1 Å². The normalized spacial score (nSPS) is 14.7. The summed E-state index contributed by atoms with van der Waals surface area (Å²) in [6.07, 6.45) is 1.71. The molecule has 0 fully saturated rings. The van der Waals surface area contributed by atoms with Gasteiger partial charge >= 0.3 is 24.1 Å². The number of hydrogen-bond donors (Lipinski definition) is 2. The minimum absolute atomic E-state index is 0. The van der Waals surface area contributed by atoms with Crippen molar-refractivity contribution in [3.05, 3.63) is 167 Å². The van der Waals surface area contributed by atoms with Crippen LogP contribution in [0.2, 0.25) is 0 Å². The summed E-state index contributed by atoms with van der Waals surface area (Å²) in [5, 5.41) is 5.23. The monoisotopic (exact) mass is 706 g/mol. The molecule has 12 nitrogen and oxygen atoms in total. The molecule has 2 amide bonds. The van der Waals surface area contributed by atoms with Crippen LogP contribution in [0, 0.1) is 0 Å². The lowest BCUT2D eigenvalue weighted by Crippen LogP contribution is -2.18. The number of rotatable bonds is 8. The van der Waals surface area contributed by atoms with Crippen LogP contribution in [0.1, 0.15) is 29.7 Å². The number of benzene rings is 5. The summed E-state index contributed by atoms with van der Waals surface area (Å²) >= 11 is 0. The molecule has 0 unspecified atom stereocenters. The van der Waals surface area contributed by atoms with E-state index in [0.717, 1.165) is 0 Å². The Morgan fingerprint density at radius 3 is 1.23 bits per heavy atom. The molecule has 0 aliphatic carbocycles. The summed E-state index contributed by atoms with van der Waals surface area (Å²) in [4.78, 5) is 58.1. The standard InChI is InChI=1S/C40H26N4O8.CH4/c45-37-33(43-35(51-37)27-7-3-1-4-8-27)23-25-11-19-31(20-12-25)49-39(47)41-29-15-17-30(18-16-29)42-40(48)50-32-21-13-26(14-22-32)24-34-38(46)52-36(44-34)28-9-5-2-6-10-28;/h1-24H,(H,41,47)(H,42,48);1H4/b33-23+,34-24+;. The number of ether oxygens (including phenoxy) is 4. The van der Waals surface area contributed by atoms with Crippen LogP contribution in [0.25, 0.3) is 12.2 Å². The van der Waals surface area contributed by atoms with Gasteiger partial charge in [0.05, 0.1) is 0 Å². The van der Waals surface area contributed by atoms with E-state index in [1.165, 1.54) is 0 Å². The number of amides is 2. The quantitative estimate of drug-likeness (QED) is 0.121. The Kier molecular flexibility index (Phi) is 10.6. The molecule has 262 valence electrons. The van der Waals surface area contributed by atoms with Gasteiger partial charge in [-0.05, 0) is 96.1 Å².